The second-order valence-electron chi connectivity index (χ2n) is 8.23. The van der Waals surface area contributed by atoms with Crippen LogP contribution in [0.5, 0.6) is 5.75 Å². The lowest BCUT2D eigenvalue weighted by atomic mass is 10.0. The van der Waals surface area contributed by atoms with E-state index >= 15 is 0 Å². The minimum absolute atomic E-state index is 0.0902. The number of carbonyl (C=O) groups excluding carboxylic acids is 1. The molecule has 0 radical (unpaired) electrons. The third-order valence-corrected chi connectivity index (χ3v) is 6.00. The minimum Gasteiger partial charge on any atom is -0.435 e. The van der Waals surface area contributed by atoms with Crippen molar-refractivity contribution in [1.29, 1.82) is 0 Å². The van der Waals surface area contributed by atoms with Gasteiger partial charge in [0.15, 0.2) is 0 Å². The molecule has 4 rings (SSSR count). The number of aromatic nitrogens is 2. The van der Waals surface area contributed by atoms with Crippen LogP contribution < -0.4 is 15.4 Å². The van der Waals surface area contributed by atoms with Gasteiger partial charge in [0, 0.05) is 32.0 Å². The molecule has 10 heteroatoms. The highest BCUT2D eigenvalue weighted by Gasteiger charge is 2.25. The molecule has 33 heavy (non-hydrogen) atoms. The second-order valence-corrected chi connectivity index (χ2v) is 8.23. The molecule has 3 heterocycles. The average Bonchev–Trinajstić information content (AvgIpc) is 2.83. The Bertz CT molecular complexity index is 938. The molecule has 8 nitrogen and oxygen atoms in total. The van der Waals surface area contributed by atoms with Crippen molar-refractivity contribution in [2.24, 2.45) is 0 Å². The Hall–Kier alpha value is -3.01. The predicted molar refractivity (Wildman–Crippen MR) is 118 cm³/mol. The molecule has 1 saturated heterocycles. The molecular weight excluding hydrogens is 432 g/mol. The van der Waals surface area contributed by atoms with Crippen LogP contribution in [-0.4, -0.2) is 53.3 Å². The summed E-state index contributed by atoms with van der Waals surface area (Å²) in [6.45, 7) is 1.54. The number of hydrogen-bond acceptors (Lipinski definition) is 6. The molecule has 0 aliphatic carbocycles. The molecule has 0 saturated carbocycles. The number of ether oxygens (including phenoxy) is 2. The maximum absolute atomic E-state index is 13.0. The number of nitrogens with one attached hydrogen (secondary N) is 2. The molecule has 0 bridgehead atoms. The van der Waals surface area contributed by atoms with Gasteiger partial charge in [-0.1, -0.05) is 19.1 Å². The lowest BCUT2D eigenvalue weighted by Gasteiger charge is -2.30. The highest BCUT2D eigenvalue weighted by Crippen LogP contribution is 2.23. The zero-order chi connectivity index (χ0) is 23.2. The summed E-state index contributed by atoms with van der Waals surface area (Å²) in [5.74, 6) is 0.674. The number of alkyl halides is 2. The van der Waals surface area contributed by atoms with Crippen molar-refractivity contribution in [3.05, 3.63) is 47.3 Å². The molecule has 2 aliphatic rings. The van der Waals surface area contributed by atoms with Crippen molar-refractivity contribution in [1.82, 2.24) is 20.2 Å². The first-order chi connectivity index (χ1) is 16.0. The fourth-order valence-electron chi connectivity index (χ4n) is 4.11. The van der Waals surface area contributed by atoms with Gasteiger partial charge in [-0.2, -0.15) is 8.78 Å². The monoisotopic (exact) mass is 461 g/mol. The van der Waals surface area contributed by atoms with Crippen LogP contribution >= 0.6 is 0 Å². The van der Waals surface area contributed by atoms with E-state index in [1.165, 1.54) is 12.1 Å². The van der Waals surface area contributed by atoms with E-state index in [0.717, 1.165) is 42.9 Å². The van der Waals surface area contributed by atoms with Crippen LogP contribution in [0.4, 0.5) is 19.5 Å². The van der Waals surface area contributed by atoms with Gasteiger partial charge < -0.3 is 25.0 Å². The summed E-state index contributed by atoms with van der Waals surface area (Å²) < 4.78 is 34.5. The Balaban J connectivity index is 1.37. The quantitative estimate of drug-likeness (QED) is 0.651. The van der Waals surface area contributed by atoms with Gasteiger partial charge in [-0.3, -0.25) is 0 Å². The summed E-state index contributed by atoms with van der Waals surface area (Å²) in [5.41, 5.74) is 2.73. The predicted octanol–water partition coefficient (Wildman–Crippen LogP) is 3.89. The zero-order valence-electron chi connectivity index (χ0n) is 18.6. The Morgan fingerprint density at radius 3 is 2.73 bits per heavy atom. The maximum atomic E-state index is 13.0. The Kier molecular flexibility index (Phi) is 7.54. The second kappa shape index (κ2) is 10.7. The molecule has 0 unspecified atom stereocenters. The molecule has 1 aromatic heterocycles. The van der Waals surface area contributed by atoms with E-state index in [1.54, 1.807) is 17.0 Å². The number of hydrogen-bond donors (Lipinski definition) is 2. The standard InChI is InChI=1S/C23H29F2N5O3/c1-2-19(15-3-5-18(6-4-15)33-21(24)25)29-23(31)30-10-7-16-13-26-22(28-20(16)14-30)27-17-8-11-32-12-9-17/h3-6,13,17,19,21H,2,7-12,14H2,1H3,(H,29,31)(H,26,27,28)/t19-/m0/s1. The number of anilines is 1. The molecule has 2 aliphatic heterocycles. The number of carbonyl (C=O) groups is 1. The number of halogens is 2. The van der Waals surface area contributed by atoms with Crippen LogP contribution in [-0.2, 0) is 17.7 Å². The van der Waals surface area contributed by atoms with E-state index in [1.807, 2.05) is 13.1 Å². The molecule has 1 atom stereocenters. The lowest BCUT2D eigenvalue weighted by Crippen LogP contribution is -2.44. The average molecular weight is 462 g/mol. The normalized spacial score (nSPS) is 17.4. The van der Waals surface area contributed by atoms with Crippen molar-refractivity contribution in [3.8, 4) is 5.75 Å². The van der Waals surface area contributed by atoms with Crippen molar-refractivity contribution in [2.75, 3.05) is 25.1 Å². The fraction of sp³-hybridized carbons (Fsp3) is 0.522. The first-order valence-electron chi connectivity index (χ1n) is 11.3. The van der Waals surface area contributed by atoms with E-state index in [2.05, 4.69) is 25.3 Å². The summed E-state index contributed by atoms with van der Waals surface area (Å²) in [4.78, 5) is 23.8. The lowest BCUT2D eigenvalue weighted by molar-refractivity contribution is -0.0498. The number of amides is 2. The summed E-state index contributed by atoms with van der Waals surface area (Å²) in [5, 5.41) is 6.42. The van der Waals surface area contributed by atoms with E-state index in [0.29, 0.717) is 37.9 Å². The molecule has 1 aromatic carbocycles. The maximum Gasteiger partial charge on any atom is 0.387 e. The van der Waals surface area contributed by atoms with Crippen molar-refractivity contribution >= 4 is 12.0 Å². The third kappa shape index (κ3) is 6.07. The summed E-state index contributed by atoms with van der Waals surface area (Å²) in [6.07, 6.45) is 5.03. The van der Waals surface area contributed by atoms with Gasteiger partial charge >= 0.3 is 12.6 Å². The van der Waals surface area contributed by atoms with Gasteiger partial charge in [0.25, 0.3) is 0 Å². The number of nitrogens with zero attached hydrogens (tertiary/aromatic N) is 3. The largest absolute Gasteiger partial charge is 0.435 e. The van der Waals surface area contributed by atoms with Crippen LogP contribution in [0.25, 0.3) is 0 Å². The Morgan fingerprint density at radius 1 is 1.27 bits per heavy atom. The highest BCUT2D eigenvalue weighted by molar-refractivity contribution is 5.75. The van der Waals surface area contributed by atoms with Crippen molar-refractivity contribution in [3.63, 3.8) is 0 Å². The van der Waals surface area contributed by atoms with Gasteiger partial charge in [0.1, 0.15) is 5.75 Å². The molecular formula is C23H29F2N5O3. The van der Waals surface area contributed by atoms with Crippen LogP contribution in [0.15, 0.2) is 30.5 Å². The fourth-order valence-corrected chi connectivity index (χ4v) is 4.11. The van der Waals surface area contributed by atoms with Gasteiger partial charge in [0.05, 0.1) is 18.3 Å². The number of urea groups is 1. The molecule has 2 amide bonds. The summed E-state index contributed by atoms with van der Waals surface area (Å²) >= 11 is 0. The first-order valence-corrected chi connectivity index (χ1v) is 11.3. The van der Waals surface area contributed by atoms with Crippen molar-refractivity contribution in [2.45, 2.75) is 57.8 Å². The van der Waals surface area contributed by atoms with Gasteiger partial charge in [-0.25, -0.2) is 14.8 Å². The van der Waals surface area contributed by atoms with Crippen LogP contribution in [0.2, 0.25) is 0 Å². The Labute approximate surface area is 191 Å². The molecule has 2 N–H and O–H groups in total. The van der Waals surface area contributed by atoms with Gasteiger partial charge in [0.2, 0.25) is 5.95 Å². The third-order valence-electron chi connectivity index (χ3n) is 6.00. The molecule has 2 aromatic rings. The van der Waals surface area contributed by atoms with E-state index in [-0.39, 0.29) is 17.8 Å². The van der Waals surface area contributed by atoms with Crippen LogP contribution in [0.3, 0.4) is 0 Å². The number of rotatable bonds is 7. The molecule has 0 spiro atoms. The van der Waals surface area contributed by atoms with Crippen molar-refractivity contribution < 1.29 is 23.0 Å². The summed E-state index contributed by atoms with van der Waals surface area (Å²) in [6, 6.07) is 6.23. The minimum atomic E-state index is -2.87. The van der Waals surface area contributed by atoms with Gasteiger partial charge in [-0.05, 0) is 48.9 Å². The molecule has 1 fully saturated rings. The van der Waals surface area contributed by atoms with Gasteiger partial charge in [-0.15, -0.1) is 0 Å². The van der Waals surface area contributed by atoms with E-state index in [9.17, 15) is 13.6 Å². The zero-order valence-corrected chi connectivity index (χ0v) is 18.6. The number of benzene rings is 1. The van der Waals surface area contributed by atoms with E-state index in [4.69, 9.17) is 4.74 Å². The Morgan fingerprint density at radius 2 is 2.03 bits per heavy atom. The summed E-state index contributed by atoms with van der Waals surface area (Å²) in [7, 11) is 0. The SMILES string of the molecule is CC[C@H](NC(=O)N1CCc2cnc(NC3CCOCC3)nc2C1)c1ccc(OC(F)F)cc1. The topological polar surface area (TPSA) is 88.6 Å². The highest BCUT2D eigenvalue weighted by atomic mass is 19.3. The first kappa shape index (κ1) is 23.2. The molecule has 178 valence electrons. The van der Waals surface area contributed by atoms with Crippen LogP contribution in [0, 0.1) is 0 Å². The van der Waals surface area contributed by atoms with E-state index < -0.39 is 6.61 Å². The number of fused-ring (bicyclic) bond motifs is 1. The smallest absolute Gasteiger partial charge is 0.387 e. The van der Waals surface area contributed by atoms with Crippen LogP contribution in [0.1, 0.15) is 49.0 Å².